The number of carbonyl (C=O) groups is 1. The fraction of sp³-hybridized carbons (Fsp3) is 0.417. The topological polar surface area (TPSA) is 38.3 Å². The van der Waals surface area contributed by atoms with Gasteiger partial charge in [0.2, 0.25) is 0 Å². The number of hydrogen-bond acceptors (Lipinski definition) is 3. The lowest BCUT2D eigenvalue weighted by atomic mass is 10.1. The predicted molar refractivity (Wildman–Crippen MR) is 65.1 cm³/mol. The number of halogens is 1. The molecule has 1 aliphatic rings. The minimum Gasteiger partial charge on any atom is -0.468 e. The molecular weight excluding hydrogens is 270 g/mol. The first kappa shape index (κ1) is 11.6. The summed E-state index contributed by atoms with van der Waals surface area (Å²) in [5.74, 6) is -0.169. The second-order valence-electron chi connectivity index (χ2n) is 3.93. The Morgan fingerprint density at radius 2 is 2.31 bits per heavy atom. The zero-order valence-corrected chi connectivity index (χ0v) is 10.7. The Kier molecular flexibility index (Phi) is 3.61. The molecule has 0 aromatic heterocycles. The molecule has 1 fully saturated rings. The Morgan fingerprint density at radius 1 is 1.50 bits per heavy atom. The number of nitrogens with one attached hydrogen (secondary N) is 1. The number of esters is 1. The zero-order valence-electron chi connectivity index (χ0n) is 9.07. The summed E-state index contributed by atoms with van der Waals surface area (Å²) in [6, 6.07) is 8.25. The van der Waals surface area contributed by atoms with Gasteiger partial charge in [-0.25, -0.2) is 0 Å². The van der Waals surface area contributed by atoms with E-state index < -0.39 is 0 Å². The highest BCUT2D eigenvalue weighted by Gasteiger charge is 2.30. The van der Waals surface area contributed by atoms with Crippen LogP contribution in [0, 0.1) is 0 Å². The molecule has 0 aliphatic carbocycles. The first-order valence-corrected chi connectivity index (χ1v) is 6.09. The van der Waals surface area contributed by atoms with E-state index in [2.05, 4.69) is 33.4 Å². The van der Waals surface area contributed by atoms with Gasteiger partial charge in [-0.1, -0.05) is 28.1 Å². The lowest BCUT2D eigenvalue weighted by Gasteiger charge is -2.13. The van der Waals surface area contributed by atoms with Crippen LogP contribution in [-0.4, -0.2) is 19.1 Å². The van der Waals surface area contributed by atoms with E-state index in [9.17, 15) is 4.79 Å². The van der Waals surface area contributed by atoms with Crippen molar-refractivity contribution in [3.63, 3.8) is 0 Å². The first-order chi connectivity index (χ1) is 7.70. The molecule has 1 saturated heterocycles. The zero-order chi connectivity index (χ0) is 11.5. The van der Waals surface area contributed by atoms with Gasteiger partial charge in [-0.2, -0.15) is 0 Å². The van der Waals surface area contributed by atoms with Gasteiger partial charge in [0.15, 0.2) is 0 Å². The lowest BCUT2D eigenvalue weighted by molar-refractivity contribution is -0.142. The third kappa shape index (κ3) is 2.44. The van der Waals surface area contributed by atoms with Gasteiger partial charge < -0.3 is 4.74 Å². The van der Waals surface area contributed by atoms with Gasteiger partial charge in [-0.3, -0.25) is 10.1 Å². The van der Waals surface area contributed by atoms with E-state index in [1.165, 1.54) is 12.7 Å². The average Bonchev–Trinajstić information content (AvgIpc) is 2.77. The molecule has 0 unspecified atom stereocenters. The Balaban J connectivity index is 2.06. The smallest absolute Gasteiger partial charge is 0.322 e. The van der Waals surface area contributed by atoms with E-state index in [4.69, 9.17) is 4.74 Å². The van der Waals surface area contributed by atoms with Gasteiger partial charge >= 0.3 is 5.97 Å². The molecule has 0 bridgehead atoms. The van der Waals surface area contributed by atoms with E-state index in [0.717, 1.165) is 17.3 Å². The summed E-state index contributed by atoms with van der Waals surface area (Å²) in [6.45, 7) is 0. The number of benzene rings is 1. The van der Waals surface area contributed by atoms with Crippen LogP contribution in [0.5, 0.6) is 0 Å². The number of hydrogen-bond donors (Lipinski definition) is 1. The molecule has 1 aromatic rings. The molecule has 1 aliphatic heterocycles. The molecule has 1 N–H and O–H groups in total. The molecule has 0 spiro atoms. The van der Waals surface area contributed by atoms with Crippen LogP contribution in [0.2, 0.25) is 0 Å². The van der Waals surface area contributed by atoms with Crippen molar-refractivity contribution in [1.82, 2.24) is 5.32 Å². The predicted octanol–water partition coefficient (Wildman–Crippen LogP) is 2.42. The minimum absolute atomic E-state index is 0.158. The normalized spacial score (nSPS) is 24.4. The van der Waals surface area contributed by atoms with E-state index in [1.807, 2.05) is 12.1 Å². The van der Waals surface area contributed by atoms with Crippen LogP contribution in [0.15, 0.2) is 28.7 Å². The second kappa shape index (κ2) is 4.97. The second-order valence-corrected chi connectivity index (χ2v) is 4.84. The molecular formula is C12H14BrNO2. The Labute approximate surface area is 103 Å². The highest BCUT2D eigenvalue weighted by molar-refractivity contribution is 9.10. The summed E-state index contributed by atoms with van der Waals surface area (Å²) in [5.41, 5.74) is 1.21. The molecule has 16 heavy (non-hydrogen) atoms. The highest BCUT2D eigenvalue weighted by Crippen LogP contribution is 2.28. The van der Waals surface area contributed by atoms with Gasteiger partial charge in [0.05, 0.1) is 7.11 Å². The summed E-state index contributed by atoms with van der Waals surface area (Å²) in [6.07, 6.45) is 1.81. The average molecular weight is 284 g/mol. The van der Waals surface area contributed by atoms with Crippen molar-refractivity contribution in [1.29, 1.82) is 0 Å². The quantitative estimate of drug-likeness (QED) is 0.848. The van der Waals surface area contributed by atoms with Gasteiger partial charge in [0.25, 0.3) is 0 Å². The van der Waals surface area contributed by atoms with Crippen LogP contribution >= 0.6 is 15.9 Å². The number of ether oxygens (including phenoxy) is 1. The molecule has 2 atom stereocenters. The van der Waals surface area contributed by atoms with E-state index in [0.29, 0.717) is 0 Å². The maximum Gasteiger partial charge on any atom is 0.322 e. The largest absolute Gasteiger partial charge is 0.468 e. The molecule has 0 radical (unpaired) electrons. The van der Waals surface area contributed by atoms with Gasteiger partial charge in [-0.05, 0) is 30.5 Å². The van der Waals surface area contributed by atoms with E-state index in [-0.39, 0.29) is 18.1 Å². The summed E-state index contributed by atoms with van der Waals surface area (Å²) >= 11 is 3.45. The summed E-state index contributed by atoms with van der Waals surface area (Å²) < 4.78 is 5.79. The summed E-state index contributed by atoms with van der Waals surface area (Å²) in [5, 5.41) is 3.29. The molecule has 4 heteroatoms. The molecule has 3 nitrogen and oxygen atoms in total. The van der Waals surface area contributed by atoms with Crippen LogP contribution in [0.1, 0.15) is 24.4 Å². The maximum absolute atomic E-state index is 11.4. The third-order valence-electron chi connectivity index (χ3n) is 2.88. The van der Waals surface area contributed by atoms with Crippen molar-refractivity contribution < 1.29 is 9.53 Å². The first-order valence-electron chi connectivity index (χ1n) is 5.30. The standard InChI is InChI=1S/C12H14BrNO2/c1-16-12(15)11-6-5-10(14-11)8-3-2-4-9(13)7-8/h2-4,7,10-11,14H,5-6H2,1H3/t10-,11+/m0/s1. The molecule has 0 amide bonds. The van der Waals surface area contributed by atoms with Crippen molar-refractivity contribution in [3.8, 4) is 0 Å². The van der Waals surface area contributed by atoms with Crippen LogP contribution in [0.25, 0.3) is 0 Å². The fourth-order valence-electron chi connectivity index (χ4n) is 2.06. The maximum atomic E-state index is 11.4. The lowest BCUT2D eigenvalue weighted by Crippen LogP contribution is -2.33. The van der Waals surface area contributed by atoms with Crippen molar-refractivity contribution in [2.75, 3.05) is 7.11 Å². The Morgan fingerprint density at radius 3 is 3.00 bits per heavy atom. The van der Waals surface area contributed by atoms with Crippen molar-refractivity contribution in [3.05, 3.63) is 34.3 Å². The van der Waals surface area contributed by atoms with Gasteiger partial charge in [0, 0.05) is 10.5 Å². The number of carbonyl (C=O) groups excluding carboxylic acids is 1. The SMILES string of the molecule is COC(=O)[C@H]1CC[C@@H](c2cccc(Br)c2)N1. The Hall–Kier alpha value is -0.870. The third-order valence-corrected chi connectivity index (χ3v) is 3.38. The van der Waals surface area contributed by atoms with Crippen molar-refractivity contribution >= 4 is 21.9 Å². The highest BCUT2D eigenvalue weighted by atomic mass is 79.9. The van der Waals surface area contributed by atoms with Crippen LogP contribution < -0.4 is 5.32 Å². The number of rotatable bonds is 2. The van der Waals surface area contributed by atoms with Crippen LogP contribution in [0.4, 0.5) is 0 Å². The minimum atomic E-state index is -0.169. The summed E-state index contributed by atoms with van der Waals surface area (Å²) in [4.78, 5) is 11.4. The molecule has 1 heterocycles. The van der Waals surface area contributed by atoms with Gasteiger partial charge in [-0.15, -0.1) is 0 Å². The van der Waals surface area contributed by atoms with Crippen molar-refractivity contribution in [2.24, 2.45) is 0 Å². The van der Waals surface area contributed by atoms with Crippen LogP contribution in [0.3, 0.4) is 0 Å². The molecule has 2 rings (SSSR count). The molecule has 0 saturated carbocycles. The monoisotopic (exact) mass is 283 g/mol. The molecule has 1 aromatic carbocycles. The van der Waals surface area contributed by atoms with Crippen LogP contribution in [-0.2, 0) is 9.53 Å². The van der Waals surface area contributed by atoms with Crippen molar-refractivity contribution in [2.45, 2.75) is 24.9 Å². The van der Waals surface area contributed by atoms with Gasteiger partial charge in [0.1, 0.15) is 6.04 Å². The fourth-order valence-corrected chi connectivity index (χ4v) is 2.47. The summed E-state index contributed by atoms with van der Waals surface area (Å²) in [7, 11) is 1.43. The number of methoxy groups -OCH3 is 1. The Bertz CT molecular complexity index is 394. The van der Waals surface area contributed by atoms with E-state index >= 15 is 0 Å². The van der Waals surface area contributed by atoms with E-state index in [1.54, 1.807) is 0 Å². The molecule has 86 valence electrons.